The lowest BCUT2D eigenvalue weighted by atomic mass is 9.86. The number of halogens is 1. The van der Waals surface area contributed by atoms with Crippen LogP contribution < -0.4 is 5.32 Å². The van der Waals surface area contributed by atoms with E-state index in [1.165, 1.54) is 18.4 Å². The molecule has 2 nitrogen and oxygen atoms in total. The van der Waals surface area contributed by atoms with Crippen molar-refractivity contribution in [2.24, 2.45) is 5.92 Å². The van der Waals surface area contributed by atoms with Gasteiger partial charge in [0.25, 0.3) is 0 Å². The van der Waals surface area contributed by atoms with Gasteiger partial charge in [0.05, 0.1) is 6.10 Å². The fraction of sp³-hybridized carbons (Fsp3) is 0.600. The predicted octanol–water partition coefficient (Wildman–Crippen LogP) is 3.57. The first kappa shape index (κ1) is 14.0. The molecule has 1 saturated heterocycles. The lowest BCUT2D eigenvalue weighted by molar-refractivity contribution is 0.0978. The van der Waals surface area contributed by atoms with Gasteiger partial charge in [0, 0.05) is 10.5 Å². The molecular weight excluding hydrogens is 290 g/mol. The van der Waals surface area contributed by atoms with Crippen LogP contribution in [0.1, 0.15) is 43.4 Å². The summed E-state index contributed by atoms with van der Waals surface area (Å²) in [4.78, 5) is 0. The minimum absolute atomic E-state index is 0.193. The summed E-state index contributed by atoms with van der Waals surface area (Å²) in [6.45, 7) is 5.32. The van der Waals surface area contributed by atoms with Crippen LogP contribution in [0.5, 0.6) is 0 Å². The monoisotopic (exact) mass is 311 g/mol. The molecule has 3 atom stereocenters. The van der Waals surface area contributed by atoms with Crippen LogP contribution in [0.3, 0.4) is 0 Å². The topological polar surface area (TPSA) is 32.3 Å². The highest BCUT2D eigenvalue weighted by molar-refractivity contribution is 9.10. The second kappa shape index (κ2) is 6.18. The summed E-state index contributed by atoms with van der Waals surface area (Å²) in [5, 5.41) is 13.9. The average Bonchev–Trinajstić information content (AvgIpc) is 2.41. The SMILES string of the molecule is CCC1CCNC(C(O)c2ccc(C)c(Br)c2)C1. The maximum absolute atomic E-state index is 10.5. The van der Waals surface area contributed by atoms with Gasteiger partial charge in [0.2, 0.25) is 0 Å². The van der Waals surface area contributed by atoms with E-state index < -0.39 is 6.10 Å². The van der Waals surface area contributed by atoms with Crippen molar-refractivity contribution < 1.29 is 5.11 Å². The van der Waals surface area contributed by atoms with Gasteiger partial charge in [-0.25, -0.2) is 0 Å². The minimum Gasteiger partial charge on any atom is -0.387 e. The Balaban J connectivity index is 2.10. The summed E-state index contributed by atoms with van der Waals surface area (Å²) >= 11 is 3.53. The Morgan fingerprint density at radius 3 is 2.94 bits per heavy atom. The van der Waals surface area contributed by atoms with Gasteiger partial charge in [-0.1, -0.05) is 41.4 Å². The highest BCUT2D eigenvalue weighted by atomic mass is 79.9. The van der Waals surface area contributed by atoms with Crippen LogP contribution in [-0.2, 0) is 0 Å². The number of aliphatic hydroxyl groups is 1. The van der Waals surface area contributed by atoms with Crippen molar-refractivity contribution in [2.75, 3.05) is 6.54 Å². The van der Waals surface area contributed by atoms with Crippen molar-refractivity contribution in [3.05, 3.63) is 33.8 Å². The van der Waals surface area contributed by atoms with E-state index in [1.807, 2.05) is 12.1 Å². The Morgan fingerprint density at radius 1 is 1.50 bits per heavy atom. The molecule has 0 amide bonds. The van der Waals surface area contributed by atoms with Crippen LogP contribution in [0.2, 0.25) is 0 Å². The Hall–Kier alpha value is -0.380. The van der Waals surface area contributed by atoms with Crippen molar-refractivity contribution in [2.45, 2.75) is 45.3 Å². The fourth-order valence-electron chi connectivity index (χ4n) is 2.67. The number of aryl methyl sites for hydroxylation is 1. The van der Waals surface area contributed by atoms with E-state index in [4.69, 9.17) is 0 Å². The standard InChI is InChI=1S/C15H22BrNO/c1-3-11-6-7-17-14(8-11)15(18)12-5-4-10(2)13(16)9-12/h4-5,9,11,14-15,17-18H,3,6-8H2,1-2H3. The predicted molar refractivity (Wildman–Crippen MR) is 78.6 cm³/mol. The average molecular weight is 312 g/mol. The smallest absolute Gasteiger partial charge is 0.0943 e. The molecule has 100 valence electrons. The van der Waals surface area contributed by atoms with Crippen molar-refractivity contribution in [1.82, 2.24) is 5.32 Å². The molecule has 0 bridgehead atoms. The third-order valence-corrected chi connectivity index (χ3v) is 4.90. The van der Waals surface area contributed by atoms with Crippen LogP contribution >= 0.6 is 15.9 Å². The molecule has 3 heteroatoms. The number of benzene rings is 1. The van der Waals surface area contributed by atoms with Crippen LogP contribution in [0.15, 0.2) is 22.7 Å². The third-order valence-electron chi connectivity index (χ3n) is 4.04. The van der Waals surface area contributed by atoms with E-state index in [9.17, 15) is 5.11 Å². The maximum Gasteiger partial charge on any atom is 0.0943 e. The van der Waals surface area contributed by atoms with Gasteiger partial charge < -0.3 is 10.4 Å². The summed E-state index contributed by atoms with van der Waals surface area (Å²) in [5.41, 5.74) is 2.20. The van der Waals surface area contributed by atoms with Crippen LogP contribution in [0.25, 0.3) is 0 Å². The summed E-state index contributed by atoms with van der Waals surface area (Å²) in [6, 6.07) is 6.32. The van der Waals surface area contributed by atoms with Gasteiger partial charge in [-0.3, -0.25) is 0 Å². The molecule has 0 radical (unpaired) electrons. The lowest BCUT2D eigenvalue weighted by Crippen LogP contribution is -2.42. The zero-order valence-corrected chi connectivity index (χ0v) is 12.7. The molecule has 0 aromatic heterocycles. The highest BCUT2D eigenvalue weighted by Gasteiger charge is 2.27. The largest absolute Gasteiger partial charge is 0.387 e. The second-order valence-electron chi connectivity index (χ2n) is 5.31. The van der Waals surface area contributed by atoms with Crippen LogP contribution in [0.4, 0.5) is 0 Å². The fourth-order valence-corrected chi connectivity index (χ4v) is 3.07. The van der Waals surface area contributed by atoms with Gasteiger partial charge in [-0.05, 0) is 49.4 Å². The Morgan fingerprint density at radius 2 is 2.28 bits per heavy atom. The molecule has 0 spiro atoms. The number of nitrogens with one attached hydrogen (secondary N) is 1. The lowest BCUT2D eigenvalue weighted by Gasteiger charge is -2.33. The van der Waals surface area contributed by atoms with Crippen LogP contribution in [0, 0.1) is 12.8 Å². The molecule has 1 aromatic rings. The van der Waals surface area contributed by atoms with E-state index in [0.29, 0.717) is 0 Å². The van der Waals surface area contributed by atoms with E-state index in [1.54, 1.807) is 0 Å². The number of rotatable bonds is 3. The van der Waals surface area contributed by atoms with Crippen molar-refractivity contribution in [1.29, 1.82) is 0 Å². The van der Waals surface area contributed by atoms with Crippen molar-refractivity contribution in [3.8, 4) is 0 Å². The number of aliphatic hydroxyl groups excluding tert-OH is 1. The summed E-state index contributed by atoms with van der Waals surface area (Å²) in [5.74, 6) is 0.750. The zero-order chi connectivity index (χ0) is 13.1. The molecule has 1 fully saturated rings. The quantitative estimate of drug-likeness (QED) is 0.894. The highest BCUT2D eigenvalue weighted by Crippen LogP contribution is 2.29. The summed E-state index contributed by atoms with van der Waals surface area (Å²) in [7, 11) is 0. The minimum atomic E-state index is -0.406. The molecule has 18 heavy (non-hydrogen) atoms. The molecule has 1 aliphatic rings. The van der Waals surface area contributed by atoms with E-state index in [0.717, 1.165) is 28.9 Å². The summed E-state index contributed by atoms with van der Waals surface area (Å²) < 4.78 is 1.07. The van der Waals surface area contributed by atoms with Crippen LogP contribution in [-0.4, -0.2) is 17.7 Å². The second-order valence-corrected chi connectivity index (χ2v) is 6.17. The molecule has 0 aliphatic carbocycles. The van der Waals surface area contributed by atoms with Gasteiger partial charge >= 0.3 is 0 Å². The Bertz CT molecular complexity index is 407. The first-order valence-electron chi connectivity index (χ1n) is 6.79. The van der Waals surface area contributed by atoms with Gasteiger partial charge in [0.1, 0.15) is 0 Å². The van der Waals surface area contributed by atoms with E-state index >= 15 is 0 Å². The number of hydrogen-bond acceptors (Lipinski definition) is 2. The molecule has 2 N–H and O–H groups in total. The normalized spacial score (nSPS) is 26.0. The van der Waals surface area contributed by atoms with Gasteiger partial charge in [-0.15, -0.1) is 0 Å². The molecule has 1 heterocycles. The number of piperidine rings is 1. The summed E-state index contributed by atoms with van der Waals surface area (Å²) in [6.07, 6.45) is 3.11. The van der Waals surface area contributed by atoms with E-state index in [-0.39, 0.29) is 6.04 Å². The van der Waals surface area contributed by atoms with Crippen molar-refractivity contribution in [3.63, 3.8) is 0 Å². The molecule has 3 unspecified atom stereocenters. The molecule has 1 aliphatic heterocycles. The third kappa shape index (κ3) is 3.14. The Kier molecular flexibility index (Phi) is 4.82. The molecule has 0 saturated carbocycles. The Labute approximate surface area is 118 Å². The zero-order valence-electron chi connectivity index (χ0n) is 11.1. The first-order valence-corrected chi connectivity index (χ1v) is 7.58. The van der Waals surface area contributed by atoms with Gasteiger partial charge in [-0.2, -0.15) is 0 Å². The van der Waals surface area contributed by atoms with E-state index in [2.05, 4.69) is 41.2 Å². The number of hydrogen-bond donors (Lipinski definition) is 2. The molecule has 1 aromatic carbocycles. The van der Waals surface area contributed by atoms with Gasteiger partial charge in [0.15, 0.2) is 0 Å². The molecule has 2 rings (SSSR count). The molecular formula is C15H22BrNO. The first-order chi connectivity index (χ1) is 8.61. The maximum atomic E-state index is 10.5. The van der Waals surface area contributed by atoms with Crippen molar-refractivity contribution >= 4 is 15.9 Å².